The highest BCUT2D eigenvalue weighted by Crippen LogP contribution is 2.41. The average Bonchev–Trinajstić information content (AvgIpc) is 3.10. The largest absolute Gasteiger partial charge is 0.149 e. The maximum Gasteiger partial charge on any atom is 0.149 e. The van der Waals surface area contributed by atoms with Crippen molar-refractivity contribution >= 4 is 82.8 Å². The Morgan fingerprint density at radius 2 is 0.689 bits per heavy atom. The molecule has 0 amide bonds. The molecule has 6 aromatic rings. The fourth-order valence-corrected chi connectivity index (χ4v) is 19.2. The van der Waals surface area contributed by atoms with Gasteiger partial charge in [0, 0.05) is 31.9 Å². The molecule has 3 aliphatic rings. The van der Waals surface area contributed by atoms with Crippen LogP contribution in [0.2, 0.25) is 6.55 Å². The quantitative estimate of drug-likeness (QED) is 0.119. The van der Waals surface area contributed by atoms with E-state index < -0.39 is 16.0 Å². The van der Waals surface area contributed by atoms with Crippen molar-refractivity contribution in [1.82, 2.24) is 0 Å². The molecule has 0 saturated heterocycles. The molecular formula is C40H33PS3Si. The van der Waals surface area contributed by atoms with Crippen LogP contribution < -0.4 is 31.5 Å². The second-order valence-corrected chi connectivity index (χ2v) is 20.7. The van der Waals surface area contributed by atoms with Crippen molar-refractivity contribution in [1.29, 1.82) is 0 Å². The van der Waals surface area contributed by atoms with Crippen molar-refractivity contribution in [2.45, 2.75) is 38.5 Å². The highest BCUT2D eigenvalue weighted by Gasteiger charge is 2.40. The molecule has 0 aromatic heterocycles. The summed E-state index contributed by atoms with van der Waals surface area (Å²) >= 11 is 6.08. The van der Waals surface area contributed by atoms with E-state index in [2.05, 4.69) is 152 Å². The van der Waals surface area contributed by atoms with Crippen molar-refractivity contribution in [2.24, 2.45) is 0 Å². The van der Waals surface area contributed by atoms with E-state index in [-0.39, 0.29) is 0 Å². The van der Waals surface area contributed by atoms with Crippen LogP contribution in [-0.2, 0) is 17.3 Å². The molecule has 9 rings (SSSR count). The van der Waals surface area contributed by atoms with Gasteiger partial charge in [-0.05, 0) is 74.3 Å². The minimum absolute atomic E-state index is 0.775. The first-order chi connectivity index (χ1) is 22.2. The van der Waals surface area contributed by atoms with Crippen LogP contribution in [0.1, 0.15) is 16.7 Å². The van der Waals surface area contributed by atoms with Crippen molar-refractivity contribution in [3.63, 3.8) is 0 Å². The summed E-state index contributed by atoms with van der Waals surface area (Å²) in [4.78, 5) is 4.25. The Balaban J connectivity index is 1.51. The predicted molar refractivity (Wildman–Crippen MR) is 204 cm³/mol. The Hall–Kier alpha value is -2.98. The Morgan fingerprint density at radius 1 is 0.400 bits per heavy atom. The van der Waals surface area contributed by atoms with E-state index >= 15 is 0 Å². The van der Waals surface area contributed by atoms with Crippen LogP contribution in [0.4, 0.5) is 0 Å². The van der Waals surface area contributed by atoms with Gasteiger partial charge in [-0.2, -0.15) is 0 Å². The van der Waals surface area contributed by atoms with Gasteiger partial charge in [0.2, 0.25) is 0 Å². The fourth-order valence-electron chi connectivity index (χ4n) is 6.86. The van der Waals surface area contributed by atoms with Crippen LogP contribution in [0.25, 0.3) is 0 Å². The molecule has 0 spiro atoms. The van der Waals surface area contributed by atoms with Gasteiger partial charge in [-0.1, -0.05) is 134 Å². The van der Waals surface area contributed by atoms with Gasteiger partial charge in [-0.25, -0.2) is 0 Å². The van der Waals surface area contributed by atoms with E-state index in [0.29, 0.717) is 0 Å². The fraction of sp³-hybridized carbons (Fsp3) is 0.100. The van der Waals surface area contributed by atoms with Gasteiger partial charge in [0.25, 0.3) is 0 Å². The first-order valence-corrected chi connectivity index (χ1v) is 22.2. The molecule has 6 aromatic carbocycles. The van der Waals surface area contributed by atoms with E-state index in [9.17, 15) is 0 Å². The van der Waals surface area contributed by atoms with E-state index in [1.807, 2.05) is 35.3 Å². The number of hydrogen-bond donors (Lipinski definition) is 0. The third-order valence-electron chi connectivity index (χ3n) is 9.12. The Bertz CT molecular complexity index is 1790. The summed E-state index contributed by atoms with van der Waals surface area (Å²) in [5.41, 5.74) is 4.35. The third-order valence-corrected chi connectivity index (χ3v) is 20.3. The number of thioether (sulfide) groups is 3. The van der Waals surface area contributed by atoms with E-state index in [4.69, 9.17) is 0 Å². The van der Waals surface area contributed by atoms with Gasteiger partial charge >= 0.3 is 0 Å². The third kappa shape index (κ3) is 5.35. The lowest BCUT2D eigenvalue weighted by Crippen LogP contribution is -2.66. The smallest absolute Gasteiger partial charge is 0.121 e. The van der Waals surface area contributed by atoms with Crippen LogP contribution >= 0.6 is 43.2 Å². The zero-order chi connectivity index (χ0) is 30.2. The maximum absolute atomic E-state index is 2.61. The van der Waals surface area contributed by atoms with Gasteiger partial charge in [-0.15, -0.1) is 35.3 Å². The molecule has 5 heteroatoms. The van der Waals surface area contributed by atoms with Gasteiger partial charge in [0.15, 0.2) is 0 Å². The Kier molecular flexibility index (Phi) is 8.28. The van der Waals surface area contributed by atoms with Gasteiger partial charge < -0.3 is 0 Å². The van der Waals surface area contributed by atoms with Crippen LogP contribution in [0.3, 0.4) is 0 Å². The lowest BCUT2D eigenvalue weighted by Gasteiger charge is -2.35. The zero-order valence-corrected chi connectivity index (χ0v) is 29.5. The van der Waals surface area contributed by atoms with E-state index in [1.165, 1.54) is 62.9 Å². The van der Waals surface area contributed by atoms with Crippen LogP contribution in [0, 0.1) is 0 Å². The topological polar surface area (TPSA) is 0 Å². The molecule has 0 aliphatic carbocycles. The normalized spacial score (nSPS) is 19.0. The molecule has 0 atom stereocenters. The maximum atomic E-state index is 2.61. The minimum Gasteiger partial charge on any atom is -0.121 e. The van der Waals surface area contributed by atoms with E-state index in [0.717, 1.165) is 17.3 Å². The molecule has 220 valence electrons. The molecule has 0 saturated carbocycles. The second-order valence-electron chi connectivity index (χ2n) is 11.7. The summed E-state index contributed by atoms with van der Waals surface area (Å²) in [5, 5.41) is 9.02. The second kappa shape index (κ2) is 12.7. The standard InChI is InChI=1S/C40H33PS3Si/c1-45-38-23-11-8-20-35(38)42-26-29-14-2-5-17-32(29)41(33-18-6-3-15-30(33)27-43-36-21-9-12-24-39(36)45)34-19-7-4-16-31(34)28-44-37-22-10-13-25-40(37)45/h2-25H,26-28H2,1H3. The highest BCUT2D eigenvalue weighted by atomic mass is 32.2. The Morgan fingerprint density at radius 3 is 1.04 bits per heavy atom. The van der Waals surface area contributed by atoms with Crippen molar-refractivity contribution in [2.75, 3.05) is 0 Å². The molecule has 3 aliphatic heterocycles. The van der Waals surface area contributed by atoms with Crippen LogP contribution in [0.5, 0.6) is 0 Å². The molecule has 0 N–H and O–H groups in total. The average molecular weight is 669 g/mol. The highest BCUT2D eigenvalue weighted by molar-refractivity contribution is 7.99. The first-order valence-electron chi connectivity index (χ1n) is 15.4. The molecule has 3 heterocycles. The summed E-state index contributed by atoms with van der Waals surface area (Å²) in [5.74, 6) is 2.86. The molecule has 0 fully saturated rings. The van der Waals surface area contributed by atoms with E-state index in [1.54, 1.807) is 0 Å². The molecule has 0 radical (unpaired) electrons. The Labute approximate surface area is 281 Å². The van der Waals surface area contributed by atoms with Crippen molar-refractivity contribution < 1.29 is 0 Å². The van der Waals surface area contributed by atoms with Crippen LogP contribution in [-0.4, -0.2) is 8.07 Å². The number of fused-ring (bicyclic) bond motifs is 3. The predicted octanol–water partition coefficient (Wildman–Crippen LogP) is 8.05. The molecule has 0 unspecified atom stereocenters. The SMILES string of the molecule is C[Si]12c3ccccc3SCc3ccccc3P(c3ccccc3CSc3ccccc31)c1ccccc1CSc1ccccc12. The van der Waals surface area contributed by atoms with Gasteiger partial charge in [0.1, 0.15) is 8.07 Å². The summed E-state index contributed by atoms with van der Waals surface area (Å²) in [6.45, 7) is 2.61. The summed E-state index contributed by atoms with van der Waals surface area (Å²) < 4.78 is 0. The van der Waals surface area contributed by atoms with Gasteiger partial charge in [0.05, 0.1) is 0 Å². The number of hydrogen-bond acceptors (Lipinski definition) is 3. The monoisotopic (exact) mass is 668 g/mol. The van der Waals surface area contributed by atoms with Gasteiger partial charge in [-0.3, -0.25) is 0 Å². The molecular weight excluding hydrogens is 636 g/mol. The lowest BCUT2D eigenvalue weighted by molar-refractivity contribution is 1.38. The van der Waals surface area contributed by atoms with Crippen LogP contribution in [0.15, 0.2) is 160 Å². The molecule has 2 bridgehead atoms. The number of benzene rings is 6. The first kappa shape index (κ1) is 29.4. The summed E-state index contributed by atoms with van der Waals surface area (Å²) in [6.07, 6.45) is 0. The number of rotatable bonds is 0. The summed E-state index contributed by atoms with van der Waals surface area (Å²) in [7, 11) is -3.25. The molecule has 45 heavy (non-hydrogen) atoms. The molecule has 0 nitrogen and oxygen atoms in total. The minimum atomic E-state index is -2.47. The summed E-state index contributed by atoms with van der Waals surface area (Å²) in [6, 6.07) is 55.8. The van der Waals surface area contributed by atoms with Crippen molar-refractivity contribution in [3.05, 3.63) is 162 Å². The zero-order valence-electron chi connectivity index (χ0n) is 25.1. The lowest BCUT2D eigenvalue weighted by atomic mass is 10.2. The van der Waals surface area contributed by atoms with Crippen molar-refractivity contribution in [3.8, 4) is 0 Å².